The molecule has 2 amide bonds. The molecule has 0 aromatic heterocycles. The van der Waals surface area contributed by atoms with Crippen LogP contribution in [0.1, 0.15) is 43.4 Å². The van der Waals surface area contributed by atoms with Crippen LogP contribution in [0.2, 0.25) is 0 Å². The highest BCUT2D eigenvalue weighted by Gasteiger charge is 2.31. The van der Waals surface area contributed by atoms with Crippen molar-refractivity contribution in [2.24, 2.45) is 5.92 Å². The van der Waals surface area contributed by atoms with E-state index < -0.39 is 21.9 Å². The van der Waals surface area contributed by atoms with Crippen molar-refractivity contribution in [2.75, 3.05) is 23.7 Å². The first kappa shape index (κ1) is 31.8. The number of sulfonamides is 1. The topological polar surface area (TPSA) is 86.8 Å². The minimum Gasteiger partial charge on any atom is -0.354 e. The van der Waals surface area contributed by atoms with Crippen molar-refractivity contribution >= 4 is 27.5 Å². The van der Waals surface area contributed by atoms with Gasteiger partial charge >= 0.3 is 0 Å². The molecule has 0 aliphatic rings. The van der Waals surface area contributed by atoms with E-state index >= 15 is 0 Å². The Morgan fingerprint density at radius 1 is 0.927 bits per heavy atom. The average molecular weight is 582 g/mol. The fourth-order valence-corrected chi connectivity index (χ4v) is 5.64. The molecule has 0 aliphatic carbocycles. The molecule has 0 bridgehead atoms. The SMILES string of the molecule is Cc1ccccc1N(CCCC(=O)N(Cc1ccccc1F)[C@H](Cc1ccccc1)C(=O)NCC(C)C)S(C)(=O)=O. The van der Waals surface area contributed by atoms with Gasteiger partial charge in [-0.25, -0.2) is 12.8 Å². The molecule has 0 aliphatic heterocycles. The van der Waals surface area contributed by atoms with E-state index in [9.17, 15) is 22.4 Å². The number of benzene rings is 3. The molecule has 220 valence electrons. The zero-order chi connectivity index (χ0) is 30.0. The Morgan fingerprint density at radius 2 is 1.56 bits per heavy atom. The molecule has 0 heterocycles. The highest BCUT2D eigenvalue weighted by molar-refractivity contribution is 7.92. The molecule has 41 heavy (non-hydrogen) atoms. The van der Waals surface area contributed by atoms with Crippen molar-refractivity contribution in [1.82, 2.24) is 10.2 Å². The van der Waals surface area contributed by atoms with Gasteiger partial charge in [0, 0.05) is 38.0 Å². The van der Waals surface area contributed by atoms with E-state index in [0.29, 0.717) is 17.8 Å². The Bertz CT molecular complexity index is 1410. The van der Waals surface area contributed by atoms with Crippen LogP contribution in [0.4, 0.5) is 10.1 Å². The third kappa shape index (κ3) is 9.42. The second-order valence-electron chi connectivity index (χ2n) is 10.7. The lowest BCUT2D eigenvalue weighted by atomic mass is 10.0. The third-order valence-electron chi connectivity index (χ3n) is 6.79. The highest BCUT2D eigenvalue weighted by atomic mass is 32.2. The number of para-hydroxylation sites is 1. The van der Waals surface area contributed by atoms with Crippen molar-refractivity contribution in [1.29, 1.82) is 0 Å². The molecule has 7 nitrogen and oxygen atoms in total. The van der Waals surface area contributed by atoms with E-state index in [0.717, 1.165) is 17.4 Å². The molecular formula is C32H40FN3O4S. The van der Waals surface area contributed by atoms with Crippen molar-refractivity contribution in [3.63, 3.8) is 0 Å². The summed E-state index contributed by atoms with van der Waals surface area (Å²) in [6, 6.07) is 21.9. The normalized spacial score (nSPS) is 12.1. The summed E-state index contributed by atoms with van der Waals surface area (Å²) >= 11 is 0. The number of halogens is 1. The number of carbonyl (C=O) groups is 2. The zero-order valence-electron chi connectivity index (χ0n) is 24.2. The number of amides is 2. The lowest BCUT2D eigenvalue weighted by Crippen LogP contribution is -2.51. The van der Waals surface area contributed by atoms with Crippen LogP contribution in [0.25, 0.3) is 0 Å². The van der Waals surface area contributed by atoms with Crippen LogP contribution < -0.4 is 9.62 Å². The molecule has 9 heteroatoms. The standard InChI is InChI=1S/C32H40FN3O4S/c1-24(2)22-34-32(38)30(21-26-14-6-5-7-15-26)35(23-27-16-9-10-17-28(27)33)31(37)19-12-20-36(41(4,39)40)29-18-11-8-13-25(29)3/h5-11,13-18,24,30H,12,19-23H2,1-4H3,(H,34,38)/t30-/m1/s1. The lowest BCUT2D eigenvalue weighted by Gasteiger charge is -2.32. The Labute approximate surface area is 243 Å². The summed E-state index contributed by atoms with van der Waals surface area (Å²) < 4.78 is 41.3. The summed E-state index contributed by atoms with van der Waals surface area (Å²) in [5.74, 6) is -0.929. The van der Waals surface area contributed by atoms with Crippen LogP contribution >= 0.6 is 0 Å². The Kier molecular flexibility index (Phi) is 11.5. The van der Waals surface area contributed by atoms with Crippen molar-refractivity contribution in [3.05, 3.63) is 101 Å². The van der Waals surface area contributed by atoms with E-state index in [1.807, 2.05) is 63.2 Å². The van der Waals surface area contributed by atoms with Gasteiger partial charge in [0.25, 0.3) is 0 Å². The van der Waals surface area contributed by atoms with Crippen LogP contribution in [-0.2, 0) is 32.6 Å². The summed E-state index contributed by atoms with van der Waals surface area (Å²) in [6.45, 7) is 6.23. The van der Waals surface area contributed by atoms with E-state index in [4.69, 9.17) is 0 Å². The molecule has 3 rings (SSSR count). The molecule has 3 aromatic carbocycles. The molecule has 0 saturated heterocycles. The van der Waals surface area contributed by atoms with Gasteiger partial charge in [0.1, 0.15) is 11.9 Å². The van der Waals surface area contributed by atoms with Crippen LogP contribution in [0.3, 0.4) is 0 Å². The number of nitrogens with zero attached hydrogens (tertiary/aromatic N) is 2. The van der Waals surface area contributed by atoms with Gasteiger partial charge in [-0.15, -0.1) is 0 Å². The first-order valence-corrected chi connectivity index (χ1v) is 15.7. The van der Waals surface area contributed by atoms with Gasteiger partial charge in [0.05, 0.1) is 11.9 Å². The average Bonchev–Trinajstić information content (AvgIpc) is 2.93. The molecule has 0 unspecified atom stereocenters. The van der Waals surface area contributed by atoms with Crippen molar-refractivity contribution < 1.29 is 22.4 Å². The maximum atomic E-state index is 14.8. The molecule has 0 saturated carbocycles. The van der Waals surface area contributed by atoms with Gasteiger partial charge < -0.3 is 10.2 Å². The zero-order valence-corrected chi connectivity index (χ0v) is 25.0. The Morgan fingerprint density at radius 3 is 2.20 bits per heavy atom. The van der Waals surface area contributed by atoms with Crippen molar-refractivity contribution in [3.8, 4) is 0 Å². The number of carbonyl (C=O) groups excluding carboxylic acids is 2. The molecule has 1 atom stereocenters. The van der Waals surface area contributed by atoms with Crippen LogP contribution in [-0.4, -0.2) is 50.5 Å². The van der Waals surface area contributed by atoms with Crippen LogP contribution in [0.5, 0.6) is 0 Å². The number of aryl methyl sites for hydroxylation is 1. The summed E-state index contributed by atoms with van der Waals surface area (Å²) in [6.07, 6.45) is 1.60. The smallest absolute Gasteiger partial charge is 0.243 e. The van der Waals surface area contributed by atoms with Gasteiger partial charge in [0.15, 0.2) is 0 Å². The van der Waals surface area contributed by atoms with Crippen molar-refractivity contribution in [2.45, 2.75) is 52.6 Å². The third-order valence-corrected chi connectivity index (χ3v) is 7.97. The van der Waals surface area contributed by atoms with Gasteiger partial charge in [-0.2, -0.15) is 0 Å². The molecule has 0 fully saturated rings. The predicted molar refractivity (Wildman–Crippen MR) is 161 cm³/mol. The number of nitrogens with one attached hydrogen (secondary N) is 1. The molecular weight excluding hydrogens is 541 g/mol. The lowest BCUT2D eigenvalue weighted by molar-refractivity contribution is -0.141. The number of anilines is 1. The first-order chi connectivity index (χ1) is 19.5. The minimum atomic E-state index is -3.60. The van der Waals surface area contributed by atoms with Crippen LogP contribution in [0.15, 0.2) is 78.9 Å². The quantitative estimate of drug-likeness (QED) is 0.287. The molecule has 0 radical (unpaired) electrons. The molecule has 3 aromatic rings. The second kappa shape index (κ2) is 14.8. The van der Waals surface area contributed by atoms with E-state index in [-0.39, 0.29) is 50.1 Å². The summed E-state index contributed by atoms with van der Waals surface area (Å²) in [4.78, 5) is 28.8. The van der Waals surface area contributed by atoms with E-state index in [1.54, 1.807) is 30.3 Å². The fraction of sp³-hybridized carbons (Fsp3) is 0.375. The Hall–Kier alpha value is -3.72. The number of hydrogen-bond acceptors (Lipinski definition) is 4. The van der Waals surface area contributed by atoms with Crippen LogP contribution in [0, 0.1) is 18.7 Å². The predicted octanol–water partition coefficient (Wildman–Crippen LogP) is 5.09. The largest absolute Gasteiger partial charge is 0.354 e. The molecule has 1 N–H and O–H groups in total. The first-order valence-electron chi connectivity index (χ1n) is 13.8. The fourth-order valence-electron chi connectivity index (χ4n) is 4.61. The minimum absolute atomic E-state index is 0.0187. The summed E-state index contributed by atoms with van der Waals surface area (Å²) in [5.41, 5.74) is 2.52. The Balaban J connectivity index is 1.90. The monoisotopic (exact) mass is 581 g/mol. The maximum Gasteiger partial charge on any atom is 0.243 e. The van der Waals surface area contributed by atoms with Gasteiger partial charge in [-0.3, -0.25) is 13.9 Å². The second-order valence-corrected chi connectivity index (χ2v) is 12.6. The molecule has 0 spiro atoms. The number of hydrogen-bond donors (Lipinski definition) is 1. The maximum absolute atomic E-state index is 14.8. The summed E-state index contributed by atoms with van der Waals surface area (Å²) in [5, 5.41) is 2.95. The van der Waals surface area contributed by atoms with E-state index in [1.165, 1.54) is 15.3 Å². The van der Waals surface area contributed by atoms with Gasteiger partial charge in [0.2, 0.25) is 21.8 Å². The summed E-state index contributed by atoms with van der Waals surface area (Å²) in [7, 11) is -3.60. The van der Waals surface area contributed by atoms with Gasteiger partial charge in [-0.1, -0.05) is 80.6 Å². The van der Waals surface area contributed by atoms with E-state index in [2.05, 4.69) is 5.32 Å². The number of rotatable bonds is 14. The highest BCUT2D eigenvalue weighted by Crippen LogP contribution is 2.23. The van der Waals surface area contributed by atoms with Gasteiger partial charge in [-0.05, 0) is 42.5 Å².